The summed E-state index contributed by atoms with van der Waals surface area (Å²) >= 11 is 5.88. The number of aromatic amines is 1. The highest BCUT2D eigenvalue weighted by Gasteiger charge is 2.21. The van der Waals surface area contributed by atoms with E-state index in [9.17, 15) is 14.9 Å². The number of amides is 1. The quantitative estimate of drug-likeness (QED) is 0.286. The SMILES string of the molecule is CN(C)c1ccc([C@@H](CNC(=O)c2ccc(Cl)c([N+](=O)[O-])c2)c2c[nH]c3ccccc23)cc1. The number of nitro benzene ring substituents is 1. The molecule has 1 heterocycles. The Kier molecular flexibility index (Phi) is 6.33. The van der Waals surface area contributed by atoms with Crippen molar-refractivity contribution in [2.75, 3.05) is 25.5 Å². The second kappa shape index (κ2) is 9.34. The topological polar surface area (TPSA) is 91.3 Å². The normalized spacial score (nSPS) is 11.8. The lowest BCUT2D eigenvalue weighted by Crippen LogP contribution is -2.29. The molecule has 0 bridgehead atoms. The molecule has 4 rings (SSSR count). The van der Waals surface area contributed by atoms with E-state index in [1.54, 1.807) is 0 Å². The number of para-hydroxylation sites is 1. The molecule has 2 N–H and O–H groups in total. The molecule has 8 heteroatoms. The number of rotatable bonds is 7. The molecule has 0 spiro atoms. The lowest BCUT2D eigenvalue weighted by atomic mass is 9.90. The average molecular weight is 463 g/mol. The van der Waals surface area contributed by atoms with E-state index in [0.29, 0.717) is 6.54 Å². The number of nitro groups is 1. The number of halogens is 1. The maximum absolute atomic E-state index is 12.9. The van der Waals surface area contributed by atoms with Crippen LogP contribution in [0.1, 0.15) is 27.4 Å². The number of hydrogen-bond acceptors (Lipinski definition) is 4. The van der Waals surface area contributed by atoms with E-state index in [-0.39, 0.29) is 22.2 Å². The summed E-state index contributed by atoms with van der Waals surface area (Å²) in [4.78, 5) is 28.8. The molecule has 168 valence electrons. The molecule has 0 fully saturated rings. The molecule has 0 radical (unpaired) electrons. The Bertz CT molecular complexity index is 1310. The Morgan fingerprint density at radius 1 is 1.12 bits per heavy atom. The van der Waals surface area contributed by atoms with E-state index in [4.69, 9.17) is 11.6 Å². The van der Waals surface area contributed by atoms with E-state index < -0.39 is 10.8 Å². The average Bonchev–Trinajstić information content (AvgIpc) is 3.23. The van der Waals surface area contributed by atoms with Crippen LogP contribution in [0.25, 0.3) is 10.9 Å². The van der Waals surface area contributed by atoms with Gasteiger partial charge >= 0.3 is 0 Å². The van der Waals surface area contributed by atoms with Crippen LogP contribution in [0.3, 0.4) is 0 Å². The highest BCUT2D eigenvalue weighted by atomic mass is 35.5. The molecule has 1 atom stereocenters. The summed E-state index contributed by atoms with van der Waals surface area (Å²) in [6.07, 6.45) is 1.97. The number of nitrogens with one attached hydrogen (secondary N) is 2. The van der Waals surface area contributed by atoms with Gasteiger partial charge in [0.05, 0.1) is 4.92 Å². The van der Waals surface area contributed by atoms with Crippen LogP contribution in [0, 0.1) is 10.1 Å². The van der Waals surface area contributed by atoms with Gasteiger partial charge in [0.1, 0.15) is 5.02 Å². The van der Waals surface area contributed by atoms with Gasteiger partial charge in [0.25, 0.3) is 11.6 Å². The summed E-state index contributed by atoms with van der Waals surface area (Å²) in [6, 6.07) is 20.3. The van der Waals surface area contributed by atoms with Crippen molar-refractivity contribution < 1.29 is 9.72 Å². The van der Waals surface area contributed by atoms with Crippen LogP contribution >= 0.6 is 11.6 Å². The molecule has 0 saturated carbocycles. The highest BCUT2D eigenvalue weighted by molar-refractivity contribution is 6.32. The van der Waals surface area contributed by atoms with E-state index in [1.807, 2.05) is 61.6 Å². The highest BCUT2D eigenvalue weighted by Crippen LogP contribution is 2.32. The predicted octanol–water partition coefficient (Wildman–Crippen LogP) is 5.36. The Labute approximate surface area is 196 Å². The van der Waals surface area contributed by atoms with Crippen molar-refractivity contribution in [3.63, 3.8) is 0 Å². The van der Waals surface area contributed by atoms with Crippen LogP contribution in [-0.4, -0.2) is 36.5 Å². The third-order valence-electron chi connectivity index (χ3n) is 5.68. The molecule has 0 saturated heterocycles. The van der Waals surface area contributed by atoms with Gasteiger partial charge in [-0.05, 0) is 41.5 Å². The molecular weight excluding hydrogens is 440 g/mol. The molecule has 1 aromatic heterocycles. The number of carbonyl (C=O) groups excluding carboxylic acids is 1. The summed E-state index contributed by atoms with van der Waals surface area (Å²) in [5.74, 6) is -0.520. The summed E-state index contributed by atoms with van der Waals surface area (Å²) in [6.45, 7) is 0.318. The second-order valence-electron chi connectivity index (χ2n) is 7.96. The number of carbonyl (C=O) groups is 1. The van der Waals surface area contributed by atoms with E-state index in [2.05, 4.69) is 22.4 Å². The number of benzene rings is 3. The number of H-pyrrole nitrogens is 1. The zero-order valence-corrected chi connectivity index (χ0v) is 19.0. The summed E-state index contributed by atoms with van der Waals surface area (Å²) < 4.78 is 0. The van der Waals surface area contributed by atoms with Crippen LogP contribution in [0.5, 0.6) is 0 Å². The molecule has 0 aliphatic carbocycles. The van der Waals surface area contributed by atoms with Crippen LogP contribution in [0.15, 0.2) is 72.9 Å². The minimum Gasteiger partial charge on any atom is -0.378 e. The fourth-order valence-corrected chi connectivity index (χ4v) is 4.07. The minimum atomic E-state index is -0.597. The lowest BCUT2D eigenvalue weighted by molar-refractivity contribution is -0.384. The smallest absolute Gasteiger partial charge is 0.288 e. The largest absolute Gasteiger partial charge is 0.378 e. The van der Waals surface area contributed by atoms with Gasteiger partial charge in [-0.15, -0.1) is 0 Å². The van der Waals surface area contributed by atoms with Gasteiger partial charge in [-0.3, -0.25) is 14.9 Å². The molecule has 0 aliphatic rings. The fourth-order valence-electron chi connectivity index (χ4n) is 3.89. The van der Waals surface area contributed by atoms with Gasteiger partial charge in [-0.25, -0.2) is 0 Å². The standard InChI is InChI=1S/C25H23ClN4O3/c1-29(2)18-10-7-16(8-11-18)20(21-15-27-23-6-4-3-5-19(21)23)14-28-25(31)17-9-12-22(26)24(13-17)30(32)33/h3-13,15,20,27H,14H2,1-2H3,(H,28,31)/t20-/m1/s1. The maximum Gasteiger partial charge on any atom is 0.288 e. The number of hydrogen-bond donors (Lipinski definition) is 2. The van der Waals surface area contributed by atoms with Crippen molar-refractivity contribution >= 4 is 39.8 Å². The summed E-state index contributed by atoms with van der Waals surface area (Å²) in [5.41, 5.74) is 4.10. The Morgan fingerprint density at radius 2 is 1.85 bits per heavy atom. The van der Waals surface area contributed by atoms with Crippen LogP contribution in [-0.2, 0) is 0 Å². The third kappa shape index (κ3) is 4.68. The Balaban J connectivity index is 1.65. The van der Waals surface area contributed by atoms with Gasteiger partial charge in [0.2, 0.25) is 0 Å². The molecule has 0 unspecified atom stereocenters. The zero-order chi connectivity index (χ0) is 23.5. The van der Waals surface area contributed by atoms with Crippen molar-refractivity contribution in [3.8, 4) is 0 Å². The van der Waals surface area contributed by atoms with Crippen molar-refractivity contribution in [2.24, 2.45) is 0 Å². The number of aromatic nitrogens is 1. The minimum absolute atomic E-state index is 0.00537. The first-order valence-electron chi connectivity index (χ1n) is 10.4. The van der Waals surface area contributed by atoms with Crippen molar-refractivity contribution in [3.05, 3.63) is 105 Å². The van der Waals surface area contributed by atoms with Gasteiger partial charge < -0.3 is 15.2 Å². The van der Waals surface area contributed by atoms with E-state index >= 15 is 0 Å². The molecule has 1 amide bonds. The first kappa shape index (κ1) is 22.4. The van der Waals surface area contributed by atoms with Crippen LogP contribution in [0.2, 0.25) is 5.02 Å². The zero-order valence-electron chi connectivity index (χ0n) is 18.2. The van der Waals surface area contributed by atoms with Crippen LogP contribution in [0.4, 0.5) is 11.4 Å². The molecule has 33 heavy (non-hydrogen) atoms. The number of fused-ring (bicyclic) bond motifs is 1. The van der Waals surface area contributed by atoms with E-state index in [0.717, 1.165) is 27.7 Å². The molecule has 3 aromatic carbocycles. The van der Waals surface area contributed by atoms with E-state index in [1.165, 1.54) is 18.2 Å². The Morgan fingerprint density at radius 3 is 2.55 bits per heavy atom. The molecule has 4 aromatic rings. The maximum atomic E-state index is 12.9. The van der Waals surface area contributed by atoms with Crippen molar-refractivity contribution in [1.82, 2.24) is 10.3 Å². The second-order valence-corrected chi connectivity index (χ2v) is 8.37. The summed E-state index contributed by atoms with van der Waals surface area (Å²) in [7, 11) is 3.97. The third-order valence-corrected chi connectivity index (χ3v) is 6.00. The van der Waals surface area contributed by atoms with Gasteiger partial charge in [-0.2, -0.15) is 0 Å². The van der Waals surface area contributed by atoms with Crippen LogP contribution < -0.4 is 10.2 Å². The first-order valence-corrected chi connectivity index (χ1v) is 10.8. The molecule has 7 nitrogen and oxygen atoms in total. The molecular formula is C25H23ClN4O3. The predicted molar refractivity (Wildman–Crippen MR) is 131 cm³/mol. The number of nitrogens with zero attached hydrogens (tertiary/aromatic N) is 2. The van der Waals surface area contributed by atoms with Crippen molar-refractivity contribution in [2.45, 2.75) is 5.92 Å². The monoisotopic (exact) mass is 462 g/mol. The first-order chi connectivity index (χ1) is 15.8. The Hall–Kier alpha value is -3.84. The molecule has 0 aliphatic heterocycles. The number of anilines is 1. The van der Waals surface area contributed by atoms with Gasteiger partial charge in [0, 0.05) is 61.0 Å². The lowest BCUT2D eigenvalue weighted by Gasteiger charge is -2.20. The van der Waals surface area contributed by atoms with Gasteiger partial charge in [0.15, 0.2) is 0 Å². The fraction of sp³-hybridized carbons (Fsp3) is 0.160. The van der Waals surface area contributed by atoms with Crippen molar-refractivity contribution in [1.29, 1.82) is 0 Å². The summed E-state index contributed by atoms with van der Waals surface area (Å²) in [5, 5.41) is 15.2. The van der Waals surface area contributed by atoms with Gasteiger partial charge in [-0.1, -0.05) is 41.9 Å².